The van der Waals surface area contributed by atoms with Gasteiger partial charge in [0.25, 0.3) is 0 Å². The summed E-state index contributed by atoms with van der Waals surface area (Å²) >= 11 is 0. The zero-order valence-electron chi connectivity index (χ0n) is 10.2. The molecule has 0 amide bonds. The van der Waals surface area contributed by atoms with E-state index in [-0.39, 0.29) is 0 Å². The van der Waals surface area contributed by atoms with Crippen LogP contribution in [0.3, 0.4) is 0 Å². The molecule has 0 saturated carbocycles. The summed E-state index contributed by atoms with van der Waals surface area (Å²) in [4.78, 5) is 0. The summed E-state index contributed by atoms with van der Waals surface area (Å²) in [6, 6.07) is 7.00. The Labute approximate surface area is 93.2 Å². The van der Waals surface area contributed by atoms with Crippen LogP contribution < -0.4 is 5.32 Å². The summed E-state index contributed by atoms with van der Waals surface area (Å²) in [7, 11) is 0. The first-order valence-electron chi connectivity index (χ1n) is 5.45. The van der Waals surface area contributed by atoms with Gasteiger partial charge < -0.3 is 5.32 Å². The molecule has 1 aromatic carbocycles. The molecule has 1 aromatic rings. The largest absolute Gasteiger partial charge is 0.306 e. The number of hydrogen-bond acceptors (Lipinski definition) is 1. The third-order valence-electron chi connectivity index (χ3n) is 2.60. The van der Waals surface area contributed by atoms with Crippen molar-refractivity contribution in [1.29, 1.82) is 0 Å². The van der Waals surface area contributed by atoms with Crippen LogP contribution in [0.15, 0.2) is 30.4 Å². The quantitative estimate of drug-likeness (QED) is 0.738. The van der Waals surface area contributed by atoms with Crippen LogP contribution >= 0.6 is 0 Å². The van der Waals surface area contributed by atoms with E-state index in [1.165, 1.54) is 22.3 Å². The molecular formula is C14H21N. The highest BCUT2D eigenvalue weighted by atomic mass is 14.9. The highest BCUT2D eigenvalue weighted by Gasteiger charge is 2.07. The van der Waals surface area contributed by atoms with Gasteiger partial charge in [0.1, 0.15) is 0 Å². The lowest BCUT2D eigenvalue weighted by Gasteiger charge is -2.17. The normalized spacial score (nSPS) is 12.5. The molecule has 1 N–H and O–H groups in total. The minimum Gasteiger partial charge on any atom is -0.306 e. The number of rotatable bonds is 4. The standard InChI is InChI=1S/C14H21N/c1-10(2)9-15-13(5)14-7-6-11(3)8-12(14)4/h6-8,13,15H,1,9H2,2-5H3/t13-/m0/s1. The van der Waals surface area contributed by atoms with Gasteiger partial charge in [-0.3, -0.25) is 0 Å². The molecule has 1 atom stereocenters. The Hall–Kier alpha value is -1.08. The van der Waals surface area contributed by atoms with Crippen molar-refractivity contribution in [2.24, 2.45) is 0 Å². The molecule has 1 heteroatoms. The Bertz CT molecular complexity index is 352. The van der Waals surface area contributed by atoms with Gasteiger partial charge in [0.15, 0.2) is 0 Å². The zero-order valence-corrected chi connectivity index (χ0v) is 10.2. The molecule has 1 nitrogen and oxygen atoms in total. The van der Waals surface area contributed by atoms with E-state index in [4.69, 9.17) is 0 Å². The van der Waals surface area contributed by atoms with Gasteiger partial charge in [-0.15, -0.1) is 0 Å². The predicted molar refractivity (Wildman–Crippen MR) is 67.1 cm³/mol. The van der Waals surface area contributed by atoms with Gasteiger partial charge in [-0.2, -0.15) is 0 Å². The average Bonchev–Trinajstić information content (AvgIpc) is 2.14. The molecule has 0 aliphatic carbocycles. The molecule has 0 aromatic heterocycles. The second kappa shape index (κ2) is 5.13. The molecule has 0 heterocycles. The SMILES string of the molecule is C=C(C)CN[C@@H](C)c1ccc(C)cc1C. The van der Waals surface area contributed by atoms with E-state index in [1.54, 1.807) is 0 Å². The second-order valence-corrected chi connectivity index (χ2v) is 4.42. The summed E-state index contributed by atoms with van der Waals surface area (Å²) in [6.07, 6.45) is 0. The summed E-state index contributed by atoms with van der Waals surface area (Å²) in [5, 5.41) is 3.46. The number of nitrogens with one attached hydrogen (secondary N) is 1. The Morgan fingerprint density at radius 1 is 1.40 bits per heavy atom. The second-order valence-electron chi connectivity index (χ2n) is 4.42. The lowest BCUT2D eigenvalue weighted by molar-refractivity contribution is 0.604. The summed E-state index contributed by atoms with van der Waals surface area (Å²) < 4.78 is 0. The Morgan fingerprint density at radius 3 is 2.60 bits per heavy atom. The molecule has 0 aliphatic rings. The lowest BCUT2D eigenvalue weighted by Crippen LogP contribution is -2.21. The van der Waals surface area contributed by atoms with Crippen molar-refractivity contribution < 1.29 is 0 Å². The molecule has 0 bridgehead atoms. The minimum absolute atomic E-state index is 0.391. The molecular weight excluding hydrogens is 182 g/mol. The molecule has 0 radical (unpaired) electrons. The Balaban J connectivity index is 2.73. The van der Waals surface area contributed by atoms with Gasteiger partial charge in [-0.25, -0.2) is 0 Å². The summed E-state index contributed by atoms with van der Waals surface area (Å²) in [5.41, 5.74) is 5.23. The first-order chi connectivity index (χ1) is 7.00. The molecule has 0 fully saturated rings. The fraction of sp³-hybridized carbons (Fsp3) is 0.429. The monoisotopic (exact) mass is 203 g/mol. The van der Waals surface area contributed by atoms with E-state index >= 15 is 0 Å². The van der Waals surface area contributed by atoms with Gasteiger partial charge in [0.05, 0.1) is 0 Å². The van der Waals surface area contributed by atoms with Gasteiger partial charge in [0.2, 0.25) is 0 Å². The van der Waals surface area contributed by atoms with Gasteiger partial charge in [-0.1, -0.05) is 35.9 Å². The predicted octanol–water partition coefficient (Wildman–Crippen LogP) is 3.53. The van der Waals surface area contributed by atoms with Crippen LogP contribution in [0.2, 0.25) is 0 Å². The summed E-state index contributed by atoms with van der Waals surface area (Å²) in [6.45, 7) is 13.3. The van der Waals surface area contributed by atoms with Crippen LogP contribution in [0.25, 0.3) is 0 Å². The van der Waals surface area contributed by atoms with Crippen molar-refractivity contribution in [3.8, 4) is 0 Å². The van der Waals surface area contributed by atoms with E-state index in [2.05, 4.69) is 50.9 Å². The number of hydrogen-bond donors (Lipinski definition) is 1. The van der Waals surface area contributed by atoms with Crippen molar-refractivity contribution in [2.75, 3.05) is 6.54 Å². The molecule has 0 saturated heterocycles. The third kappa shape index (κ3) is 3.52. The maximum atomic E-state index is 3.89. The van der Waals surface area contributed by atoms with Gasteiger partial charge in [-0.05, 0) is 38.8 Å². The van der Waals surface area contributed by atoms with Crippen molar-refractivity contribution >= 4 is 0 Å². The molecule has 0 aliphatic heterocycles. The summed E-state index contributed by atoms with van der Waals surface area (Å²) in [5.74, 6) is 0. The average molecular weight is 203 g/mol. The van der Waals surface area contributed by atoms with E-state index < -0.39 is 0 Å². The molecule has 0 spiro atoms. The minimum atomic E-state index is 0.391. The van der Waals surface area contributed by atoms with Crippen molar-refractivity contribution in [3.05, 3.63) is 47.0 Å². The van der Waals surface area contributed by atoms with Crippen LogP contribution in [-0.2, 0) is 0 Å². The molecule has 1 rings (SSSR count). The fourth-order valence-corrected chi connectivity index (χ4v) is 1.75. The van der Waals surface area contributed by atoms with Crippen LogP contribution in [0, 0.1) is 13.8 Å². The third-order valence-corrected chi connectivity index (χ3v) is 2.60. The smallest absolute Gasteiger partial charge is 0.0297 e. The number of benzene rings is 1. The first-order valence-corrected chi connectivity index (χ1v) is 5.45. The van der Waals surface area contributed by atoms with E-state index in [9.17, 15) is 0 Å². The van der Waals surface area contributed by atoms with Crippen molar-refractivity contribution in [1.82, 2.24) is 5.32 Å². The van der Waals surface area contributed by atoms with Crippen molar-refractivity contribution in [3.63, 3.8) is 0 Å². The maximum Gasteiger partial charge on any atom is 0.0297 e. The van der Waals surface area contributed by atoms with E-state index in [0.717, 1.165) is 6.54 Å². The van der Waals surface area contributed by atoms with Crippen LogP contribution in [-0.4, -0.2) is 6.54 Å². The fourth-order valence-electron chi connectivity index (χ4n) is 1.75. The van der Waals surface area contributed by atoms with Crippen molar-refractivity contribution in [2.45, 2.75) is 33.7 Å². The Morgan fingerprint density at radius 2 is 2.07 bits per heavy atom. The van der Waals surface area contributed by atoms with Crippen LogP contribution in [0.5, 0.6) is 0 Å². The van der Waals surface area contributed by atoms with E-state index in [0.29, 0.717) is 6.04 Å². The maximum absolute atomic E-state index is 3.89. The topological polar surface area (TPSA) is 12.0 Å². The molecule has 0 unspecified atom stereocenters. The zero-order chi connectivity index (χ0) is 11.4. The van der Waals surface area contributed by atoms with E-state index in [1.807, 2.05) is 6.92 Å². The van der Waals surface area contributed by atoms with Gasteiger partial charge in [0, 0.05) is 12.6 Å². The number of aryl methyl sites for hydroxylation is 2. The lowest BCUT2D eigenvalue weighted by atomic mass is 10.0. The highest BCUT2D eigenvalue weighted by molar-refractivity contribution is 5.32. The molecule has 15 heavy (non-hydrogen) atoms. The molecule has 82 valence electrons. The van der Waals surface area contributed by atoms with Crippen LogP contribution in [0.4, 0.5) is 0 Å². The van der Waals surface area contributed by atoms with Crippen LogP contribution in [0.1, 0.15) is 36.6 Å². The first kappa shape index (κ1) is 12.0. The Kier molecular flexibility index (Phi) is 4.10. The highest BCUT2D eigenvalue weighted by Crippen LogP contribution is 2.18. The van der Waals surface area contributed by atoms with Gasteiger partial charge >= 0.3 is 0 Å².